The van der Waals surface area contributed by atoms with Gasteiger partial charge >= 0.3 is 0 Å². The molecular formula is C13H21BrN2. The number of aromatic nitrogens is 1. The SMILES string of the molecule is CC(C)(C)CC(C)(C)Nc1cccc(Br)n1. The highest BCUT2D eigenvalue weighted by Crippen LogP contribution is 2.29. The van der Waals surface area contributed by atoms with Gasteiger partial charge in [-0.15, -0.1) is 0 Å². The van der Waals surface area contributed by atoms with Crippen LogP contribution in [-0.4, -0.2) is 10.5 Å². The fraction of sp³-hybridized carbons (Fsp3) is 0.615. The van der Waals surface area contributed by atoms with E-state index in [1.807, 2.05) is 18.2 Å². The Balaban J connectivity index is 2.72. The molecule has 0 aromatic carbocycles. The molecular weight excluding hydrogens is 264 g/mol. The van der Waals surface area contributed by atoms with Crippen molar-refractivity contribution in [2.75, 3.05) is 5.32 Å². The first-order valence-electron chi connectivity index (χ1n) is 5.59. The Morgan fingerprint density at radius 2 is 1.81 bits per heavy atom. The zero-order valence-corrected chi connectivity index (χ0v) is 12.4. The number of hydrogen-bond acceptors (Lipinski definition) is 2. The van der Waals surface area contributed by atoms with E-state index >= 15 is 0 Å². The van der Waals surface area contributed by atoms with Crippen molar-refractivity contribution in [2.45, 2.75) is 46.6 Å². The number of rotatable bonds is 3. The van der Waals surface area contributed by atoms with Gasteiger partial charge in [-0.1, -0.05) is 26.8 Å². The van der Waals surface area contributed by atoms with Crippen LogP contribution in [0.2, 0.25) is 0 Å². The molecule has 1 heterocycles. The van der Waals surface area contributed by atoms with E-state index in [1.54, 1.807) is 0 Å². The molecule has 1 aromatic rings. The van der Waals surface area contributed by atoms with Gasteiger partial charge in [0.1, 0.15) is 10.4 Å². The molecule has 0 spiro atoms. The molecule has 1 aromatic heterocycles. The third-order valence-corrected chi connectivity index (χ3v) is 2.60. The van der Waals surface area contributed by atoms with E-state index in [1.165, 1.54) is 0 Å². The lowest BCUT2D eigenvalue weighted by Gasteiger charge is -2.33. The Labute approximate surface area is 107 Å². The van der Waals surface area contributed by atoms with E-state index in [0.717, 1.165) is 16.8 Å². The van der Waals surface area contributed by atoms with E-state index in [-0.39, 0.29) is 5.54 Å². The van der Waals surface area contributed by atoms with Crippen LogP contribution in [0.15, 0.2) is 22.8 Å². The van der Waals surface area contributed by atoms with Crippen LogP contribution in [0.3, 0.4) is 0 Å². The lowest BCUT2D eigenvalue weighted by Crippen LogP contribution is -2.35. The van der Waals surface area contributed by atoms with Crippen molar-refractivity contribution in [2.24, 2.45) is 5.41 Å². The van der Waals surface area contributed by atoms with Crippen LogP contribution in [0.25, 0.3) is 0 Å². The van der Waals surface area contributed by atoms with E-state index in [0.29, 0.717) is 5.41 Å². The predicted molar refractivity (Wildman–Crippen MR) is 73.7 cm³/mol. The van der Waals surface area contributed by atoms with Gasteiger partial charge in [0.2, 0.25) is 0 Å². The number of nitrogens with zero attached hydrogens (tertiary/aromatic N) is 1. The average Bonchev–Trinajstić information content (AvgIpc) is 1.96. The minimum absolute atomic E-state index is 0.0477. The van der Waals surface area contributed by atoms with Gasteiger partial charge in [-0.2, -0.15) is 0 Å². The lowest BCUT2D eigenvalue weighted by atomic mass is 9.82. The van der Waals surface area contributed by atoms with Crippen LogP contribution >= 0.6 is 15.9 Å². The van der Waals surface area contributed by atoms with Gasteiger partial charge in [-0.3, -0.25) is 0 Å². The maximum Gasteiger partial charge on any atom is 0.127 e. The summed E-state index contributed by atoms with van der Waals surface area (Å²) in [7, 11) is 0. The standard InChI is InChI=1S/C13H21BrN2/c1-12(2,3)9-13(4,5)16-11-8-6-7-10(14)15-11/h6-8H,9H2,1-5H3,(H,15,16). The number of halogens is 1. The summed E-state index contributed by atoms with van der Waals surface area (Å²) < 4.78 is 0.865. The summed E-state index contributed by atoms with van der Waals surface area (Å²) in [6, 6.07) is 5.92. The highest BCUT2D eigenvalue weighted by molar-refractivity contribution is 9.10. The Hall–Kier alpha value is -0.570. The van der Waals surface area contributed by atoms with Crippen molar-refractivity contribution in [3.63, 3.8) is 0 Å². The van der Waals surface area contributed by atoms with Crippen LogP contribution in [-0.2, 0) is 0 Å². The van der Waals surface area contributed by atoms with Gasteiger partial charge in [-0.25, -0.2) is 4.98 Å². The minimum atomic E-state index is 0.0477. The molecule has 90 valence electrons. The second kappa shape index (κ2) is 4.74. The minimum Gasteiger partial charge on any atom is -0.365 e. The average molecular weight is 285 g/mol. The second-order valence-electron chi connectivity index (χ2n) is 6.09. The first-order valence-corrected chi connectivity index (χ1v) is 6.38. The van der Waals surface area contributed by atoms with Crippen molar-refractivity contribution in [3.8, 4) is 0 Å². The Morgan fingerprint density at radius 3 is 2.31 bits per heavy atom. The molecule has 0 saturated heterocycles. The van der Waals surface area contributed by atoms with Gasteiger partial charge in [0.15, 0.2) is 0 Å². The number of hydrogen-bond donors (Lipinski definition) is 1. The lowest BCUT2D eigenvalue weighted by molar-refractivity contribution is 0.302. The summed E-state index contributed by atoms with van der Waals surface area (Å²) in [4.78, 5) is 4.39. The molecule has 0 amide bonds. The molecule has 3 heteroatoms. The summed E-state index contributed by atoms with van der Waals surface area (Å²) in [5.74, 6) is 0.920. The molecule has 1 rings (SSSR count). The number of pyridine rings is 1. The molecule has 0 atom stereocenters. The van der Waals surface area contributed by atoms with E-state index < -0.39 is 0 Å². The predicted octanol–water partition coefficient (Wildman–Crippen LogP) is 4.47. The van der Waals surface area contributed by atoms with Gasteiger partial charge in [0, 0.05) is 5.54 Å². The van der Waals surface area contributed by atoms with Crippen molar-refractivity contribution >= 4 is 21.7 Å². The maximum atomic E-state index is 4.39. The highest BCUT2D eigenvalue weighted by atomic mass is 79.9. The van der Waals surface area contributed by atoms with Gasteiger partial charge < -0.3 is 5.32 Å². The molecule has 0 fully saturated rings. The van der Waals surface area contributed by atoms with Gasteiger partial charge in [-0.05, 0) is 53.7 Å². The molecule has 1 N–H and O–H groups in total. The molecule has 0 aliphatic rings. The molecule has 0 unspecified atom stereocenters. The monoisotopic (exact) mass is 284 g/mol. The number of nitrogens with one attached hydrogen (secondary N) is 1. The van der Waals surface area contributed by atoms with Crippen LogP contribution < -0.4 is 5.32 Å². The molecule has 0 saturated carbocycles. The fourth-order valence-corrected chi connectivity index (χ4v) is 2.54. The summed E-state index contributed by atoms with van der Waals surface area (Å²) in [5, 5.41) is 3.47. The van der Waals surface area contributed by atoms with E-state index in [4.69, 9.17) is 0 Å². The molecule has 0 aliphatic carbocycles. The van der Waals surface area contributed by atoms with Crippen molar-refractivity contribution < 1.29 is 0 Å². The maximum absolute atomic E-state index is 4.39. The van der Waals surface area contributed by atoms with Gasteiger partial charge in [0.25, 0.3) is 0 Å². The van der Waals surface area contributed by atoms with Crippen molar-refractivity contribution in [1.29, 1.82) is 0 Å². The number of anilines is 1. The molecule has 2 nitrogen and oxygen atoms in total. The van der Waals surface area contributed by atoms with E-state index in [2.05, 4.69) is 60.8 Å². The van der Waals surface area contributed by atoms with Crippen molar-refractivity contribution in [1.82, 2.24) is 4.98 Å². The van der Waals surface area contributed by atoms with Crippen LogP contribution in [0.4, 0.5) is 5.82 Å². The van der Waals surface area contributed by atoms with Crippen LogP contribution in [0.5, 0.6) is 0 Å². The normalized spacial score (nSPS) is 12.6. The molecule has 0 bridgehead atoms. The molecule has 0 radical (unpaired) electrons. The Kier molecular flexibility index (Phi) is 4.00. The summed E-state index contributed by atoms with van der Waals surface area (Å²) in [5.41, 5.74) is 0.356. The van der Waals surface area contributed by atoms with E-state index in [9.17, 15) is 0 Å². The van der Waals surface area contributed by atoms with Crippen LogP contribution in [0, 0.1) is 5.41 Å². The fourth-order valence-electron chi connectivity index (χ4n) is 2.19. The molecule has 16 heavy (non-hydrogen) atoms. The van der Waals surface area contributed by atoms with Crippen molar-refractivity contribution in [3.05, 3.63) is 22.8 Å². The first kappa shape index (κ1) is 13.5. The third-order valence-electron chi connectivity index (χ3n) is 2.15. The Morgan fingerprint density at radius 1 is 1.19 bits per heavy atom. The largest absolute Gasteiger partial charge is 0.365 e. The zero-order chi connectivity index (χ0) is 12.4. The molecule has 0 aliphatic heterocycles. The zero-order valence-electron chi connectivity index (χ0n) is 10.8. The van der Waals surface area contributed by atoms with Gasteiger partial charge in [0.05, 0.1) is 0 Å². The van der Waals surface area contributed by atoms with Crippen LogP contribution in [0.1, 0.15) is 41.0 Å². The smallest absolute Gasteiger partial charge is 0.127 e. The summed E-state index contributed by atoms with van der Waals surface area (Å²) in [6.45, 7) is 11.2. The summed E-state index contributed by atoms with van der Waals surface area (Å²) >= 11 is 3.38. The second-order valence-corrected chi connectivity index (χ2v) is 6.90. The topological polar surface area (TPSA) is 24.9 Å². The highest BCUT2D eigenvalue weighted by Gasteiger charge is 2.25. The quantitative estimate of drug-likeness (QED) is 0.829. The summed E-state index contributed by atoms with van der Waals surface area (Å²) in [6.07, 6.45) is 1.09. The first-order chi connectivity index (χ1) is 7.18. The Bertz CT molecular complexity index is 353. The third kappa shape index (κ3) is 4.97.